The maximum absolute atomic E-state index is 13.7. The molecule has 12 heteroatoms. The molecule has 0 saturated heterocycles. The predicted molar refractivity (Wildman–Crippen MR) is 86.2 cm³/mol. The number of benzene rings is 1. The van der Waals surface area contributed by atoms with E-state index in [-0.39, 0.29) is 26.9 Å². The average molecular weight is 384 g/mol. The van der Waals surface area contributed by atoms with Crippen LogP contribution in [-0.4, -0.2) is 28.3 Å². The quantitative estimate of drug-likeness (QED) is 0.541. The van der Waals surface area contributed by atoms with E-state index in [1.54, 1.807) is 0 Å². The molecule has 128 valence electrons. The van der Waals surface area contributed by atoms with Gasteiger partial charge in [-0.1, -0.05) is 11.6 Å². The first-order valence-corrected chi connectivity index (χ1v) is 8.38. The zero-order chi connectivity index (χ0) is 18.2. The first kappa shape index (κ1) is 16.9. The van der Waals surface area contributed by atoms with Gasteiger partial charge in [-0.2, -0.15) is 4.39 Å². The van der Waals surface area contributed by atoms with E-state index in [0.717, 1.165) is 18.3 Å². The van der Waals surface area contributed by atoms with E-state index in [2.05, 4.69) is 19.7 Å². The van der Waals surface area contributed by atoms with Crippen molar-refractivity contribution in [3.8, 4) is 0 Å². The van der Waals surface area contributed by atoms with Crippen LogP contribution in [0.25, 0.3) is 11.0 Å². The number of halogens is 2. The molecule has 2 heterocycles. The molecule has 25 heavy (non-hydrogen) atoms. The molecule has 0 aliphatic rings. The third kappa shape index (κ3) is 3.32. The molecule has 0 aliphatic heterocycles. The molecule has 2 aromatic heterocycles. The summed E-state index contributed by atoms with van der Waals surface area (Å²) in [4.78, 5) is 21.1. The summed E-state index contributed by atoms with van der Waals surface area (Å²) in [7, 11) is -4.04. The number of rotatable bonds is 4. The van der Waals surface area contributed by atoms with Gasteiger partial charge in [0.1, 0.15) is 4.90 Å². The summed E-state index contributed by atoms with van der Waals surface area (Å²) in [6.07, 6.45) is 2.52. The number of nitro groups is 1. The van der Waals surface area contributed by atoms with E-state index < -0.39 is 26.5 Å². The predicted octanol–water partition coefficient (Wildman–Crippen LogP) is 2.53. The Morgan fingerprint density at radius 1 is 1.24 bits per heavy atom. The third-order valence-corrected chi connectivity index (χ3v) is 4.65. The number of sulfonamides is 1. The Hall–Kier alpha value is -2.92. The summed E-state index contributed by atoms with van der Waals surface area (Å²) in [6.45, 7) is 0. The SMILES string of the molecule is O=[N+]([O-])c1cc2nc(Cl)c(NS(=O)(=O)c3cccnc3)nc2cc1F. The van der Waals surface area contributed by atoms with Crippen molar-refractivity contribution in [2.45, 2.75) is 4.90 Å². The van der Waals surface area contributed by atoms with Gasteiger partial charge in [-0.3, -0.25) is 19.8 Å². The Morgan fingerprint density at radius 3 is 2.60 bits per heavy atom. The molecule has 0 amide bonds. The molecule has 9 nitrogen and oxygen atoms in total. The van der Waals surface area contributed by atoms with Crippen LogP contribution in [0, 0.1) is 15.9 Å². The number of hydrogen-bond acceptors (Lipinski definition) is 7. The fraction of sp³-hybridized carbons (Fsp3) is 0. The minimum Gasteiger partial charge on any atom is -0.263 e. The second kappa shape index (κ2) is 6.18. The third-order valence-electron chi connectivity index (χ3n) is 3.06. The van der Waals surface area contributed by atoms with Gasteiger partial charge >= 0.3 is 5.69 Å². The number of fused-ring (bicyclic) bond motifs is 1. The lowest BCUT2D eigenvalue weighted by atomic mass is 10.2. The normalized spacial score (nSPS) is 11.4. The van der Waals surface area contributed by atoms with Crippen molar-refractivity contribution in [3.63, 3.8) is 0 Å². The molecular formula is C13H7ClFN5O4S. The number of pyridine rings is 1. The van der Waals surface area contributed by atoms with Gasteiger partial charge in [0.15, 0.2) is 11.0 Å². The lowest BCUT2D eigenvalue weighted by Crippen LogP contribution is -2.15. The Bertz CT molecular complexity index is 1090. The minimum atomic E-state index is -4.04. The van der Waals surface area contributed by atoms with Crippen molar-refractivity contribution in [1.82, 2.24) is 15.0 Å². The van der Waals surface area contributed by atoms with Crippen LogP contribution in [0.15, 0.2) is 41.6 Å². The fourth-order valence-corrected chi connectivity index (χ4v) is 3.15. The van der Waals surface area contributed by atoms with Gasteiger partial charge in [-0.15, -0.1) is 0 Å². The maximum atomic E-state index is 13.7. The molecule has 3 rings (SSSR count). The molecule has 1 N–H and O–H groups in total. The second-order valence-electron chi connectivity index (χ2n) is 4.71. The lowest BCUT2D eigenvalue weighted by Gasteiger charge is -2.09. The highest BCUT2D eigenvalue weighted by atomic mass is 35.5. The van der Waals surface area contributed by atoms with Crippen molar-refractivity contribution in [2.75, 3.05) is 4.72 Å². The Balaban J connectivity index is 2.07. The Labute approximate surface area is 144 Å². The summed E-state index contributed by atoms with van der Waals surface area (Å²) >= 11 is 5.89. The summed E-state index contributed by atoms with van der Waals surface area (Å²) < 4.78 is 40.4. The zero-order valence-electron chi connectivity index (χ0n) is 12.1. The van der Waals surface area contributed by atoms with Crippen molar-refractivity contribution < 1.29 is 17.7 Å². The molecule has 3 aromatic rings. The standard InChI is InChI=1S/C13H7ClFN5O4S/c14-12-13(19-25(23,24)7-2-1-3-16-6-7)18-9-4-8(15)11(20(21)22)5-10(9)17-12/h1-6H,(H,18,19). The van der Waals surface area contributed by atoms with Crippen molar-refractivity contribution in [1.29, 1.82) is 0 Å². The van der Waals surface area contributed by atoms with Crippen LogP contribution in [0.3, 0.4) is 0 Å². The largest absolute Gasteiger partial charge is 0.307 e. The fourth-order valence-electron chi connectivity index (χ4n) is 1.94. The number of nitrogens with one attached hydrogen (secondary N) is 1. The van der Waals surface area contributed by atoms with Crippen LogP contribution in [0.4, 0.5) is 15.9 Å². The Morgan fingerprint density at radius 2 is 1.96 bits per heavy atom. The van der Waals surface area contributed by atoms with Crippen molar-refractivity contribution >= 4 is 44.2 Å². The summed E-state index contributed by atoms with van der Waals surface area (Å²) in [5, 5.41) is 10.4. The van der Waals surface area contributed by atoms with E-state index in [9.17, 15) is 22.9 Å². The van der Waals surface area contributed by atoms with Gasteiger partial charge in [0, 0.05) is 24.5 Å². The van der Waals surface area contributed by atoms with E-state index in [1.807, 2.05) is 0 Å². The van der Waals surface area contributed by atoms with Gasteiger partial charge in [-0.25, -0.2) is 18.4 Å². The average Bonchev–Trinajstić information content (AvgIpc) is 2.56. The van der Waals surface area contributed by atoms with Gasteiger partial charge in [-0.05, 0) is 12.1 Å². The molecule has 0 fully saturated rings. The molecule has 0 aliphatic carbocycles. The molecular weight excluding hydrogens is 377 g/mol. The smallest absolute Gasteiger partial charge is 0.263 e. The second-order valence-corrected chi connectivity index (χ2v) is 6.75. The number of nitro benzene ring substituents is 1. The van der Waals surface area contributed by atoms with Crippen LogP contribution >= 0.6 is 11.6 Å². The monoisotopic (exact) mass is 383 g/mol. The van der Waals surface area contributed by atoms with Crippen LogP contribution in [0.5, 0.6) is 0 Å². The van der Waals surface area contributed by atoms with Gasteiger partial charge in [0.25, 0.3) is 10.0 Å². The zero-order valence-corrected chi connectivity index (χ0v) is 13.6. The Kier molecular flexibility index (Phi) is 4.18. The first-order valence-electron chi connectivity index (χ1n) is 6.52. The summed E-state index contributed by atoms with van der Waals surface area (Å²) in [5.41, 5.74) is -0.944. The van der Waals surface area contributed by atoms with E-state index in [0.29, 0.717) is 0 Å². The molecule has 1 aromatic carbocycles. The van der Waals surface area contributed by atoms with E-state index in [4.69, 9.17) is 11.6 Å². The van der Waals surface area contributed by atoms with Gasteiger partial charge in [0.05, 0.1) is 16.0 Å². The number of nitrogens with zero attached hydrogens (tertiary/aromatic N) is 4. The molecule has 0 saturated carbocycles. The molecule has 0 bridgehead atoms. The summed E-state index contributed by atoms with van der Waals surface area (Å²) in [5.74, 6) is -1.47. The maximum Gasteiger partial charge on any atom is 0.307 e. The van der Waals surface area contributed by atoms with Crippen LogP contribution in [-0.2, 0) is 10.0 Å². The van der Waals surface area contributed by atoms with Gasteiger partial charge in [0.2, 0.25) is 5.82 Å². The van der Waals surface area contributed by atoms with E-state index >= 15 is 0 Å². The van der Waals surface area contributed by atoms with Crippen molar-refractivity contribution in [3.05, 3.63) is 57.7 Å². The van der Waals surface area contributed by atoms with Crippen LogP contribution in [0.2, 0.25) is 5.15 Å². The highest BCUT2D eigenvalue weighted by Gasteiger charge is 2.21. The van der Waals surface area contributed by atoms with Crippen LogP contribution < -0.4 is 4.72 Å². The number of hydrogen-bond donors (Lipinski definition) is 1. The summed E-state index contributed by atoms with van der Waals surface area (Å²) in [6, 6.07) is 4.37. The molecule has 0 atom stereocenters. The minimum absolute atomic E-state index is 0.0533. The molecule has 0 radical (unpaired) electrons. The number of aromatic nitrogens is 3. The van der Waals surface area contributed by atoms with Crippen molar-refractivity contribution in [2.24, 2.45) is 0 Å². The van der Waals surface area contributed by atoms with Gasteiger partial charge < -0.3 is 0 Å². The molecule has 0 spiro atoms. The lowest BCUT2D eigenvalue weighted by molar-refractivity contribution is -0.387. The topological polar surface area (TPSA) is 128 Å². The van der Waals surface area contributed by atoms with Crippen LogP contribution in [0.1, 0.15) is 0 Å². The van der Waals surface area contributed by atoms with E-state index in [1.165, 1.54) is 18.3 Å². The highest BCUT2D eigenvalue weighted by molar-refractivity contribution is 7.92. The highest BCUT2D eigenvalue weighted by Crippen LogP contribution is 2.27. The number of anilines is 1. The first-order chi connectivity index (χ1) is 11.8. The molecule has 0 unspecified atom stereocenters.